The molecular weight excluding hydrogens is 409 g/mol. The summed E-state index contributed by atoms with van der Waals surface area (Å²) in [5, 5.41) is 5.24. The first-order chi connectivity index (χ1) is 12.9. The van der Waals surface area contributed by atoms with E-state index in [2.05, 4.69) is 10.5 Å². The van der Waals surface area contributed by atoms with E-state index < -0.39 is 5.91 Å². The molecule has 27 heavy (non-hydrogen) atoms. The molecule has 140 valence electrons. The molecule has 0 unspecified atom stereocenters. The molecule has 0 bridgehead atoms. The van der Waals surface area contributed by atoms with Crippen molar-refractivity contribution >= 4 is 57.6 Å². The normalized spacial score (nSPS) is 15.3. The van der Waals surface area contributed by atoms with Crippen molar-refractivity contribution in [3.63, 3.8) is 0 Å². The SMILES string of the molecule is Cc1ccc(N2C(=O)CS/C2=N/NC(=O)COc2ccc(Cl)cc2Cl)cc1. The molecule has 0 aromatic heterocycles. The lowest BCUT2D eigenvalue weighted by molar-refractivity contribution is -0.123. The van der Waals surface area contributed by atoms with E-state index in [1.807, 2.05) is 31.2 Å². The van der Waals surface area contributed by atoms with Crippen molar-refractivity contribution in [2.75, 3.05) is 17.3 Å². The van der Waals surface area contributed by atoms with Gasteiger partial charge in [-0.2, -0.15) is 0 Å². The Hall–Kier alpha value is -2.22. The molecule has 2 aromatic carbocycles. The molecule has 6 nitrogen and oxygen atoms in total. The van der Waals surface area contributed by atoms with Crippen LogP contribution < -0.4 is 15.1 Å². The maximum Gasteiger partial charge on any atom is 0.278 e. The Morgan fingerprint density at radius 3 is 2.70 bits per heavy atom. The first kappa shape index (κ1) is 19.5. The number of rotatable bonds is 5. The van der Waals surface area contributed by atoms with Crippen molar-refractivity contribution in [3.05, 3.63) is 58.1 Å². The van der Waals surface area contributed by atoms with Crippen LogP contribution >= 0.6 is 35.0 Å². The molecule has 1 aliphatic rings. The highest BCUT2D eigenvalue weighted by Gasteiger charge is 2.30. The van der Waals surface area contributed by atoms with E-state index in [1.54, 1.807) is 12.1 Å². The molecule has 0 saturated carbocycles. The fourth-order valence-corrected chi connectivity index (χ4v) is 3.56. The van der Waals surface area contributed by atoms with Gasteiger partial charge in [-0.3, -0.25) is 14.5 Å². The van der Waals surface area contributed by atoms with Crippen LogP contribution in [0.1, 0.15) is 5.56 Å². The molecule has 9 heteroatoms. The van der Waals surface area contributed by atoms with Crippen LogP contribution in [0.3, 0.4) is 0 Å². The summed E-state index contributed by atoms with van der Waals surface area (Å²) in [6.07, 6.45) is 0. The second kappa shape index (κ2) is 8.65. The summed E-state index contributed by atoms with van der Waals surface area (Å²) in [5.74, 6) is 0.0355. The van der Waals surface area contributed by atoms with Crippen LogP contribution in [0.5, 0.6) is 5.75 Å². The minimum atomic E-state index is -0.475. The van der Waals surface area contributed by atoms with Gasteiger partial charge in [0.15, 0.2) is 11.8 Å². The zero-order chi connectivity index (χ0) is 19.4. The van der Waals surface area contributed by atoms with Gasteiger partial charge in [-0.15, -0.1) is 5.10 Å². The number of hydrogen-bond acceptors (Lipinski definition) is 5. The summed E-state index contributed by atoms with van der Waals surface area (Å²) in [6, 6.07) is 12.2. The second-order valence-electron chi connectivity index (χ2n) is 5.65. The quantitative estimate of drug-likeness (QED) is 0.741. The number of hydrogen-bond donors (Lipinski definition) is 1. The molecule has 0 spiro atoms. The first-order valence-corrected chi connectivity index (χ1v) is 9.65. The molecule has 1 saturated heterocycles. The monoisotopic (exact) mass is 423 g/mol. The fraction of sp³-hybridized carbons (Fsp3) is 0.167. The average Bonchev–Trinajstić information content (AvgIpc) is 3.00. The molecule has 2 aromatic rings. The van der Waals surface area contributed by atoms with Crippen LogP contribution in [-0.2, 0) is 9.59 Å². The van der Waals surface area contributed by atoms with Gasteiger partial charge in [0.25, 0.3) is 5.91 Å². The zero-order valence-corrected chi connectivity index (χ0v) is 16.6. The molecule has 0 radical (unpaired) electrons. The summed E-state index contributed by atoms with van der Waals surface area (Å²) in [4.78, 5) is 25.6. The van der Waals surface area contributed by atoms with Crippen molar-refractivity contribution < 1.29 is 14.3 Å². The summed E-state index contributed by atoms with van der Waals surface area (Å²) < 4.78 is 5.36. The number of amides is 2. The van der Waals surface area contributed by atoms with Crippen LogP contribution in [0.4, 0.5) is 5.69 Å². The average molecular weight is 424 g/mol. The molecule has 1 N–H and O–H groups in total. The Morgan fingerprint density at radius 2 is 2.00 bits per heavy atom. The maximum atomic E-state index is 12.2. The number of anilines is 1. The third kappa shape index (κ3) is 4.94. The predicted molar refractivity (Wildman–Crippen MR) is 109 cm³/mol. The Labute approximate surface area is 170 Å². The van der Waals surface area contributed by atoms with Gasteiger partial charge >= 0.3 is 0 Å². The molecule has 2 amide bonds. The summed E-state index contributed by atoms with van der Waals surface area (Å²) >= 11 is 13.1. The van der Waals surface area contributed by atoms with E-state index in [0.29, 0.717) is 26.6 Å². The number of ether oxygens (including phenoxy) is 1. The van der Waals surface area contributed by atoms with Crippen molar-refractivity contribution in [1.29, 1.82) is 0 Å². The predicted octanol–water partition coefficient (Wildman–Crippen LogP) is 3.85. The lowest BCUT2D eigenvalue weighted by Gasteiger charge is -2.16. The largest absolute Gasteiger partial charge is 0.482 e. The number of aryl methyl sites for hydroxylation is 1. The van der Waals surface area contributed by atoms with Crippen LogP contribution in [0, 0.1) is 6.92 Å². The second-order valence-corrected chi connectivity index (χ2v) is 7.43. The topological polar surface area (TPSA) is 71.0 Å². The fourth-order valence-electron chi connectivity index (χ4n) is 2.27. The molecule has 0 atom stereocenters. The van der Waals surface area contributed by atoms with Crippen LogP contribution in [0.25, 0.3) is 0 Å². The molecule has 1 aliphatic heterocycles. The van der Waals surface area contributed by atoms with E-state index in [-0.39, 0.29) is 18.3 Å². The lowest BCUT2D eigenvalue weighted by Crippen LogP contribution is -2.32. The van der Waals surface area contributed by atoms with Gasteiger partial charge in [0.2, 0.25) is 5.91 Å². The number of hydrazone groups is 1. The van der Waals surface area contributed by atoms with Gasteiger partial charge in [0.05, 0.1) is 16.5 Å². The highest BCUT2D eigenvalue weighted by molar-refractivity contribution is 8.15. The Bertz CT molecular complexity index is 903. The van der Waals surface area contributed by atoms with Gasteiger partial charge in [-0.1, -0.05) is 52.7 Å². The number of thioether (sulfide) groups is 1. The molecule has 1 fully saturated rings. The number of amidine groups is 1. The highest BCUT2D eigenvalue weighted by atomic mass is 35.5. The van der Waals surface area contributed by atoms with Crippen molar-refractivity contribution in [2.45, 2.75) is 6.92 Å². The van der Waals surface area contributed by atoms with Crippen LogP contribution in [0.15, 0.2) is 47.6 Å². The van der Waals surface area contributed by atoms with Gasteiger partial charge in [-0.05, 0) is 37.3 Å². The Kier molecular flexibility index (Phi) is 6.26. The molecular formula is C18H15Cl2N3O3S. The van der Waals surface area contributed by atoms with E-state index in [4.69, 9.17) is 27.9 Å². The van der Waals surface area contributed by atoms with E-state index >= 15 is 0 Å². The number of carbonyl (C=O) groups excluding carboxylic acids is 2. The minimum Gasteiger partial charge on any atom is -0.482 e. The van der Waals surface area contributed by atoms with Crippen LogP contribution in [0.2, 0.25) is 10.0 Å². The van der Waals surface area contributed by atoms with Gasteiger partial charge < -0.3 is 4.74 Å². The minimum absolute atomic E-state index is 0.0963. The first-order valence-electron chi connectivity index (χ1n) is 7.91. The molecule has 3 rings (SSSR count). The van der Waals surface area contributed by atoms with E-state index in [1.165, 1.54) is 22.7 Å². The Balaban J connectivity index is 1.62. The number of benzene rings is 2. The van der Waals surface area contributed by atoms with Crippen molar-refractivity contribution in [3.8, 4) is 5.75 Å². The summed E-state index contributed by atoms with van der Waals surface area (Å²) in [6.45, 7) is 1.69. The van der Waals surface area contributed by atoms with Gasteiger partial charge in [0.1, 0.15) is 5.75 Å². The third-order valence-corrected chi connectivity index (χ3v) is 5.04. The lowest BCUT2D eigenvalue weighted by atomic mass is 10.2. The van der Waals surface area contributed by atoms with Gasteiger partial charge in [0, 0.05) is 5.02 Å². The number of halogens is 2. The number of nitrogens with zero attached hydrogens (tertiary/aromatic N) is 2. The number of nitrogens with one attached hydrogen (secondary N) is 1. The van der Waals surface area contributed by atoms with Crippen molar-refractivity contribution in [2.24, 2.45) is 5.10 Å². The molecule has 0 aliphatic carbocycles. The zero-order valence-electron chi connectivity index (χ0n) is 14.2. The van der Waals surface area contributed by atoms with E-state index in [9.17, 15) is 9.59 Å². The maximum absolute atomic E-state index is 12.2. The standard InChI is InChI=1S/C18H15Cl2N3O3S/c1-11-2-5-13(6-3-11)23-17(25)10-27-18(23)22-21-16(24)9-26-15-7-4-12(19)8-14(15)20/h2-8H,9-10H2,1H3,(H,21,24)/b22-18+. The highest BCUT2D eigenvalue weighted by Crippen LogP contribution is 2.28. The van der Waals surface area contributed by atoms with Crippen molar-refractivity contribution in [1.82, 2.24) is 5.43 Å². The third-order valence-electron chi connectivity index (χ3n) is 3.59. The Morgan fingerprint density at radius 1 is 1.26 bits per heavy atom. The van der Waals surface area contributed by atoms with Gasteiger partial charge in [-0.25, -0.2) is 5.43 Å². The van der Waals surface area contributed by atoms with Crippen LogP contribution in [-0.4, -0.2) is 29.3 Å². The van der Waals surface area contributed by atoms with E-state index in [0.717, 1.165) is 5.56 Å². The summed E-state index contributed by atoms with van der Waals surface area (Å²) in [5.41, 5.74) is 4.19. The smallest absolute Gasteiger partial charge is 0.278 e. The number of carbonyl (C=O) groups is 2. The molecule has 1 heterocycles. The summed E-state index contributed by atoms with van der Waals surface area (Å²) in [7, 11) is 0.